The quantitative estimate of drug-likeness (QED) is 0.868. The average molecular weight is 294 g/mol. The highest BCUT2D eigenvalue weighted by atomic mass is 32.1. The molecule has 2 N–H and O–H groups in total. The van der Waals surface area contributed by atoms with Crippen LogP contribution in [0.1, 0.15) is 30.4 Å². The number of thiocarbonyl (C=S) groups is 1. The number of rotatable bonds is 3. The van der Waals surface area contributed by atoms with Crippen molar-refractivity contribution in [1.82, 2.24) is 4.90 Å². The lowest BCUT2D eigenvalue weighted by molar-refractivity contribution is -0.0588. The van der Waals surface area contributed by atoms with E-state index < -0.39 is 0 Å². The van der Waals surface area contributed by atoms with Crippen LogP contribution in [0.15, 0.2) is 18.2 Å². The minimum Gasteiger partial charge on any atom is -0.389 e. The topological polar surface area (TPSA) is 38.5 Å². The molecule has 2 unspecified atom stereocenters. The molecule has 2 aliphatic rings. The minimum atomic E-state index is -0.240. The lowest BCUT2D eigenvalue weighted by Gasteiger charge is -2.38. The van der Waals surface area contributed by atoms with Gasteiger partial charge in [-0.2, -0.15) is 0 Å². The molecule has 1 heterocycles. The van der Waals surface area contributed by atoms with E-state index in [1.165, 1.54) is 12.5 Å². The number of nitrogens with zero attached hydrogens (tertiary/aromatic N) is 1. The van der Waals surface area contributed by atoms with Gasteiger partial charge in [0.05, 0.1) is 12.7 Å². The van der Waals surface area contributed by atoms with Crippen molar-refractivity contribution in [2.45, 2.75) is 38.0 Å². The Labute approximate surface area is 123 Å². The van der Waals surface area contributed by atoms with Crippen molar-refractivity contribution < 1.29 is 9.13 Å². The van der Waals surface area contributed by atoms with Gasteiger partial charge >= 0.3 is 0 Å². The number of hydrogen-bond acceptors (Lipinski definition) is 3. The summed E-state index contributed by atoms with van der Waals surface area (Å²) < 4.78 is 19.3. The number of fused-ring (bicyclic) bond motifs is 1. The van der Waals surface area contributed by atoms with Crippen LogP contribution in [0.4, 0.5) is 4.39 Å². The van der Waals surface area contributed by atoms with Gasteiger partial charge in [-0.1, -0.05) is 12.2 Å². The SMILES string of the molecule is NC(=S)c1ccc(F)cc1CN1CCOC2CCCC21. The highest BCUT2D eigenvalue weighted by Crippen LogP contribution is 2.31. The van der Waals surface area contributed by atoms with Gasteiger partial charge in [0.15, 0.2) is 0 Å². The molecule has 0 bridgehead atoms. The Morgan fingerprint density at radius 2 is 2.30 bits per heavy atom. The van der Waals surface area contributed by atoms with Gasteiger partial charge in [-0.25, -0.2) is 4.39 Å². The normalized spacial score (nSPS) is 26.4. The molecule has 0 radical (unpaired) electrons. The van der Waals surface area contributed by atoms with E-state index in [1.807, 2.05) is 0 Å². The summed E-state index contributed by atoms with van der Waals surface area (Å²) in [5.41, 5.74) is 7.40. The Balaban J connectivity index is 1.83. The third kappa shape index (κ3) is 2.71. The molecule has 5 heteroatoms. The molecule has 2 atom stereocenters. The van der Waals surface area contributed by atoms with Crippen molar-refractivity contribution in [1.29, 1.82) is 0 Å². The maximum atomic E-state index is 13.5. The van der Waals surface area contributed by atoms with Crippen molar-refractivity contribution in [3.05, 3.63) is 35.1 Å². The zero-order valence-corrected chi connectivity index (χ0v) is 12.2. The van der Waals surface area contributed by atoms with Gasteiger partial charge in [-0.3, -0.25) is 4.90 Å². The Bertz CT molecular complexity index is 523. The molecule has 2 fully saturated rings. The molecule has 3 nitrogen and oxygen atoms in total. The van der Waals surface area contributed by atoms with Gasteiger partial charge in [-0.15, -0.1) is 0 Å². The minimum absolute atomic E-state index is 0.240. The number of morpholine rings is 1. The van der Waals surface area contributed by atoms with Crippen LogP contribution in [-0.2, 0) is 11.3 Å². The highest BCUT2D eigenvalue weighted by Gasteiger charge is 2.36. The second-order valence-electron chi connectivity index (χ2n) is 5.54. The van der Waals surface area contributed by atoms with E-state index in [0.717, 1.165) is 37.1 Å². The zero-order valence-electron chi connectivity index (χ0n) is 11.3. The van der Waals surface area contributed by atoms with Gasteiger partial charge in [0.1, 0.15) is 10.8 Å². The molecule has 20 heavy (non-hydrogen) atoms. The summed E-state index contributed by atoms with van der Waals surface area (Å²) in [6.07, 6.45) is 3.83. The van der Waals surface area contributed by atoms with Crippen LogP contribution in [0.2, 0.25) is 0 Å². The number of halogens is 1. The van der Waals surface area contributed by atoms with Crippen LogP contribution in [0.25, 0.3) is 0 Å². The highest BCUT2D eigenvalue weighted by molar-refractivity contribution is 7.80. The van der Waals surface area contributed by atoms with E-state index in [1.54, 1.807) is 12.1 Å². The third-order valence-electron chi connectivity index (χ3n) is 4.30. The number of hydrogen-bond donors (Lipinski definition) is 1. The largest absolute Gasteiger partial charge is 0.389 e. The van der Waals surface area contributed by atoms with Crippen LogP contribution in [-0.4, -0.2) is 35.2 Å². The Kier molecular flexibility index (Phi) is 4.01. The van der Waals surface area contributed by atoms with Crippen molar-refractivity contribution in [2.75, 3.05) is 13.2 Å². The number of nitrogens with two attached hydrogens (primary N) is 1. The van der Waals surface area contributed by atoms with E-state index in [0.29, 0.717) is 23.7 Å². The van der Waals surface area contributed by atoms with Crippen molar-refractivity contribution in [2.24, 2.45) is 5.73 Å². The predicted octanol–water partition coefficient (Wildman–Crippen LogP) is 2.21. The predicted molar refractivity (Wildman–Crippen MR) is 80.1 cm³/mol. The lowest BCUT2D eigenvalue weighted by Crippen LogP contribution is -2.48. The second-order valence-corrected chi connectivity index (χ2v) is 5.98. The summed E-state index contributed by atoms with van der Waals surface area (Å²) in [5.74, 6) is -0.240. The van der Waals surface area contributed by atoms with E-state index in [9.17, 15) is 4.39 Å². The molecule has 1 aromatic rings. The Hall–Kier alpha value is -1.04. The van der Waals surface area contributed by atoms with Gasteiger partial charge in [0.25, 0.3) is 0 Å². The second kappa shape index (κ2) is 5.76. The third-order valence-corrected chi connectivity index (χ3v) is 4.52. The molecule has 1 aliphatic carbocycles. The molecular weight excluding hydrogens is 275 g/mol. The monoisotopic (exact) mass is 294 g/mol. The summed E-state index contributed by atoms with van der Waals surface area (Å²) >= 11 is 5.07. The summed E-state index contributed by atoms with van der Waals surface area (Å²) in [5, 5.41) is 0. The molecule has 0 aromatic heterocycles. The average Bonchev–Trinajstić information content (AvgIpc) is 2.88. The summed E-state index contributed by atoms with van der Waals surface area (Å²) in [4.78, 5) is 2.72. The first kappa shape index (κ1) is 13.9. The summed E-state index contributed by atoms with van der Waals surface area (Å²) in [6.45, 7) is 2.32. The van der Waals surface area contributed by atoms with Crippen molar-refractivity contribution >= 4 is 17.2 Å². The maximum Gasteiger partial charge on any atom is 0.123 e. The molecule has 0 amide bonds. The molecule has 3 rings (SSSR count). The molecule has 1 saturated carbocycles. The standard InChI is InChI=1S/C15H19FN2OS/c16-11-4-5-12(15(17)20)10(8-11)9-18-6-7-19-14-3-1-2-13(14)18/h4-5,8,13-14H,1-3,6-7,9H2,(H2,17,20). The van der Waals surface area contributed by atoms with Crippen molar-refractivity contribution in [3.8, 4) is 0 Å². The molecule has 0 spiro atoms. The number of benzene rings is 1. The van der Waals surface area contributed by atoms with Crippen LogP contribution >= 0.6 is 12.2 Å². The van der Waals surface area contributed by atoms with Crippen LogP contribution in [0, 0.1) is 5.82 Å². The van der Waals surface area contributed by atoms with Gasteiger partial charge < -0.3 is 10.5 Å². The maximum absolute atomic E-state index is 13.5. The Morgan fingerprint density at radius 3 is 3.10 bits per heavy atom. The zero-order chi connectivity index (χ0) is 14.1. The van der Waals surface area contributed by atoms with E-state index >= 15 is 0 Å². The van der Waals surface area contributed by atoms with E-state index in [2.05, 4.69) is 4.90 Å². The molecule has 108 valence electrons. The fraction of sp³-hybridized carbons (Fsp3) is 0.533. The number of ether oxygens (including phenoxy) is 1. The van der Waals surface area contributed by atoms with E-state index in [-0.39, 0.29) is 5.82 Å². The van der Waals surface area contributed by atoms with Gasteiger partial charge in [0.2, 0.25) is 0 Å². The lowest BCUT2D eigenvalue weighted by atomic mass is 10.0. The Morgan fingerprint density at radius 1 is 1.45 bits per heavy atom. The summed E-state index contributed by atoms with van der Waals surface area (Å²) in [6, 6.07) is 5.09. The van der Waals surface area contributed by atoms with Crippen LogP contribution in [0.3, 0.4) is 0 Å². The molecule has 1 saturated heterocycles. The first-order valence-electron chi connectivity index (χ1n) is 7.09. The molecular formula is C15H19FN2OS. The first-order valence-corrected chi connectivity index (χ1v) is 7.50. The van der Waals surface area contributed by atoms with Gasteiger partial charge in [0, 0.05) is 24.7 Å². The fourth-order valence-electron chi connectivity index (χ4n) is 3.35. The van der Waals surface area contributed by atoms with Crippen molar-refractivity contribution in [3.63, 3.8) is 0 Å². The summed E-state index contributed by atoms with van der Waals surface area (Å²) in [7, 11) is 0. The van der Waals surface area contributed by atoms with Crippen LogP contribution in [0.5, 0.6) is 0 Å². The smallest absolute Gasteiger partial charge is 0.123 e. The fourth-order valence-corrected chi connectivity index (χ4v) is 3.55. The molecule has 1 aliphatic heterocycles. The van der Waals surface area contributed by atoms with Gasteiger partial charge in [-0.05, 0) is 43.0 Å². The van der Waals surface area contributed by atoms with Crippen LogP contribution < -0.4 is 5.73 Å². The molecule has 1 aromatic carbocycles. The first-order chi connectivity index (χ1) is 9.65. The van der Waals surface area contributed by atoms with E-state index in [4.69, 9.17) is 22.7 Å².